The van der Waals surface area contributed by atoms with Crippen LogP contribution in [0.3, 0.4) is 0 Å². The number of fused-ring (bicyclic) bond motifs is 1. The van der Waals surface area contributed by atoms with Crippen molar-refractivity contribution in [1.82, 2.24) is 4.98 Å². The molecule has 0 aromatic carbocycles. The first kappa shape index (κ1) is 12.9. The molecule has 6 nitrogen and oxygen atoms in total. The number of aromatic nitrogens is 1. The Balaban J connectivity index is 1.94. The summed E-state index contributed by atoms with van der Waals surface area (Å²) in [5.74, 6) is -1.06. The second-order valence-electron chi connectivity index (χ2n) is 5.51. The number of aliphatic carboxylic acids is 1. The Labute approximate surface area is 116 Å². The Hall–Kier alpha value is -2.11. The minimum absolute atomic E-state index is 0.114. The highest BCUT2D eigenvalue weighted by atomic mass is 16.4. The van der Waals surface area contributed by atoms with E-state index in [-0.39, 0.29) is 11.5 Å². The monoisotopic (exact) mass is 275 g/mol. The molecule has 1 heterocycles. The van der Waals surface area contributed by atoms with Gasteiger partial charge in [-0.2, -0.15) is 0 Å². The molecule has 6 heteroatoms. The highest BCUT2D eigenvalue weighted by molar-refractivity contribution is 5.98. The van der Waals surface area contributed by atoms with Crippen molar-refractivity contribution in [2.75, 3.05) is 5.32 Å². The van der Waals surface area contributed by atoms with E-state index < -0.39 is 17.9 Å². The number of amides is 1. The van der Waals surface area contributed by atoms with Crippen molar-refractivity contribution >= 4 is 17.7 Å². The molecule has 1 unspecified atom stereocenters. The fourth-order valence-electron chi connectivity index (χ4n) is 2.73. The molecule has 1 fully saturated rings. The van der Waals surface area contributed by atoms with Crippen molar-refractivity contribution in [3.63, 3.8) is 0 Å². The number of nitrogens with zero attached hydrogens (tertiary/aromatic N) is 1. The van der Waals surface area contributed by atoms with Crippen molar-refractivity contribution < 1.29 is 14.7 Å². The van der Waals surface area contributed by atoms with Crippen LogP contribution < -0.4 is 11.1 Å². The predicted octanol–water partition coefficient (Wildman–Crippen LogP) is 0.944. The first-order chi connectivity index (χ1) is 9.56. The Kier molecular flexibility index (Phi) is 3.08. The van der Waals surface area contributed by atoms with E-state index in [4.69, 9.17) is 5.73 Å². The molecule has 1 amide bonds. The number of anilines is 1. The fourth-order valence-corrected chi connectivity index (χ4v) is 2.73. The average Bonchev–Trinajstić information content (AvgIpc) is 3.12. The number of carbonyl (C=O) groups excluding carboxylic acids is 1. The van der Waals surface area contributed by atoms with Crippen LogP contribution in [0.15, 0.2) is 6.07 Å². The van der Waals surface area contributed by atoms with Gasteiger partial charge in [0.25, 0.3) is 5.91 Å². The number of hydrogen-bond acceptors (Lipinski definition) is 4. The van der Waals surface area contributed by atoms with Gasteiger partial charge in [0.15, 0.2) is 0 Å². The van der Waals surface area contributed by atoms with Crippen molar-refractivity contribution in [3.8, 4) is 0 Å². The van der Waals surface area contributed by atoms with Crippen LogP contribution in [-0.4, -0.2) is 28.0 Å². The van der Waals surface area contributed by atoms with E-state index in [1.54, 1.807) is 6.07 Å². The molecule has 0 spiro atoms. The molecule has 2 aliphatic carbocycles. The van der Waals surface area contributed by atoms with E-state index in [2.05, 4.69) is 10.3 Å². The van der Waals surface area contributed by atoms with Gasteiger partial charge in [-0.05, 0) is 49.7 Å². The molecular formula is C14H17N3O3. The topological polar surface area (TPSA) is 105 Å². The number of carbonyl (C=O) groups is 2. The lowest BCUT2D eigenvalue weighted by molar-refractivity contribution is -0.138. The first-order valence-corrected chi connectivity index (χ1v) is 6.88. The van der Waals surface area contributed by atoms with E-state index in [0.29, 0.717) is 5.82 Å². The summed E-state index contributed by atoms with van der Waals surface area (Å²) in [6.07, 6.45) is 4.55. The van der Waals surface area contributed by atoms with Crippen LogP contribution in [-0.2, 0) is 17.6 Å². The predicted molar refractivity (Wildman–Crippen MR) is 72.6 cm³/mol. The highest BCUT2D eigenvalue weighted by Crippen LogP contribution is 2.35. The van der Waals surface area contributed by atoms with E-state index >= 15 is 0 Å². The zero-order valence-corrected chi connectivity index (χ0v) is 11.1. The number of rotatable bonds is 5. The summed E-state index contributed by atoms with van der Waals surface area (Å²) in [5.41, 5.74) is 7.66. The third-order valence-corrected chi connectivity index (χ3v) is 3.97. The number of aryl methyl sites for hydroxylation is 2. The number of primary amides is 1. The highest BCUT2D eigenvalue weighted by Gasteiger charge is 2.37. The molecule has 4 N–H and O–H groups in total. The van der Waals surface area contributed by atoms with E-state index in [1.807, 2.05) is 0 Å². The maximum atomic E-state index is 11.6. The van der Waals surface area contributed by atoms with Gasteiger partial charge in [0.05, 0.1) is 5.56 Å². The van der Waals surface area contributed by atoms with Gasteiger partial charge in [-0.1, -0.05) is 0 Å². The second kappa shape index (κ2) is 4.77. The Bertz CT molecular complexity index is 581. The average molecular weight is 275 g/mol. The third kappa shape index (κ3) is 2.33. The minimum atomic E-state index is -0.912. The second-order valence-corrected chi connectivity index (χ2v) is 5.51. The van der Waals surface area contributed by atoms with Crippen LogP contribution in [0.4, 0.5) is 5.82 Å². The fraction of sp³-hybridized carbons (Fsp3) is 0.500. The summed E-state index contributed by atoms with van der Waals surface area (Å²) in [6, 6.07) is 1.06. The van der Waals surface area contributed by atoms with Crippen LogP contribution in [0.5, 0.6) is 0 Å². The van der Waals surface area contributed by atoms with E-state index in [0.717, 1.165) is 43.4 Å². The number of carboxylic acids is 1. The quantitative estimate of drug-likeness (QED) is 0.741. The minimum Gasteiger partial charge on any atom is -0.480 e. The van der Waals surface area contributed by atoms with Gasteiger partial charge < -0.3 is 16.2 Å². The van der Waals surface area contributed by atoms with E-state index in [1.165, 1.54) is 0 Å². The van der Waals surface area contributed by atoms with Crippen LogP contribution in [0.1, 0.15) is 40.9 Å². The maximum Gasteiger partial charge on any atom is 0.326 e. The number of nitrogens with one attached hydrogen (secondary N) is 1. The van der Waals surface area contributed by atoms with Gasteiger partial charge in [0.2, 0.25) is 0 Å². The van der Waals surface area contributed by atoms with Gasteiger partial charge in [-0.3, -0.25) is 4.79 Å². The van der Waals surface area contributed by atoms with E-state index in [9.17, 15) is 14.7 Å². The smallest absolute Gasteiger partial charge is 0.326 e. The zero-order chi connectivity index (χ0) is 14.3. The largest absolute Gasteiger partial charge is 0.480 e. The summed E-state index contributed by atoms with van der Waals surface area (Å²) in [6.45, 7) is 0. The SMILES string of the molecule is NC(=O)c1cc2c(nc1NC(C(=O)O)C1CC1)CCC2. The van der Waals surface area contributed by atoms with Gasteiger partial charge in [-0.25, -0.2) is 9.78 Å². The summed E-state index contributed by atoms with van der Waals surface area (Å²) < 4.78 is 0. The van der Waals surface area contributed by atoms with Gasteiger partial charge in [-0.15, -0.1) is 0 Å². The molecule has 0 bridgehead atoms. The lowest BCUT2D eigenvalue weighted by atomic mass is 10.1. The molecule has 1 aromatic rings. The number of hydrogen-bond donors (Lipinski definition) is 3. The Morgan fingerprint density at radius 3 is 2.75 bits per heavy atom. The van der Waals surface area contributed by atoms with Crippen molar-refractivity contribution in [2.24, 2.45) is 11.7 Å². The number of nitrogens with two attached hydrogens (primary N) is 1. The molecule has 1 saturated carbocycles. The normalized spacial score (nSPS) is 18.4. The third-order valence-electron chi connectivity index (χ3n) is 3.97. The van der Waals surface area contributed by atoms with Crippen LogP contribution >= 0.6 is 0 Å². The van der Waals surface area contributed by atoms with Crippen molar-refractivity contribution in [2.45, 2.75) is 38.1 Å². The first-order valence-electron chi connectivity index (χ1n) is 6.88. The molecule has 1 aromatic heterocycles. The molecule has 1 atom stereocenters. The molecule has 0 saturated heterocycles. The summed E-state index contributed by atoms with van der Waals surface area (Å²) >= 11 is 0. The Morgan fingerprint density at radius 1 is 1.40 bits per heavy atom. The van der Waals surface area contributed by atoms with Crippen LogP contribution in [0.25, 0.3) is 0 Å². The van der Waals surface area contributed by atoms with Gasteiger partial charge >= 0.3 is 5.97 Å². The molecule has 106 valence electrons. The maximum absolute atomic E-state index is 11.6. The molecule has 3 rings (SSSR count). The number of carboxylic acid groups (broad SMARTS) is 1. The number of pyridine rings is 1. The summed E-state index contributed by atoms with van der Waals surface area (Å²) in [4.78, 5) is 27.3. The van der Waals surface area contributed by atoms with Crippen LogP contribution in [0.2, 0.25) is 0 Å². The lowest BCUT2D eigenvalue weighted by Crippen LogP contribution is -2.33. The van der Waals surface area contributed by atoms with Crippen molar-refractivity contribution in [1.29, 1.82) is 0 Å². The molecule has 0 radical (unpaired) electrons. The Morgan fingerprint density at radius 2 is 2.15 bits per heavy atom. The van der Waals surface area contributed by atoms with Crippen molar-refractivity contribution in [3.05, 3.63) is 22.9 Å². The molecule has 2 aliphatic rings. The van der Waals surface area contributed by atoms with Crippen LogP contribution in [0, 0.1) is 5.92 Å². The molecule has 20 heavy (non-hydrogen) atoms. The standard InChI is InChI=1S/C14H17N3O3/c15-12(18)9-6-8-2-1-3-10(8)16-13(9)17-11(14(19)20)7-4-5-7/h6-7,11H,1-5H2,(H2,15,18)(H,16,17)(H,19,20). The lowest BCUT2D eigenvalue weighted by Gasteiger charge is -2.17. The molecule has 0 aliphatic heterocycles. The zero-order valence-electron chi connectivity index (χ0n) is 11.1. The molecular weight excluding hydrogens is 258 g/mol. The summed E-state index contributed by atoms with van der Waals surface area (Å²) in [5, 5.41) is 12.2. The van der Waals surface area contributed by atoms with Gasteiger partial charge in [0, 0.05) is 5.69 Å². The summed E-state index contributed by atoms with van der Waals surface area (Å²) in [7, 11) is 0. The van der Waals surface area contributed by atoms with Gasteiger partial charge in [0.1, 0.15) is 11.9 Å².